The lowest BCUT2D eigenvalue weighted by molar-refractivity contribution is -0.137. The van der Waals surface area contributed by atoms with Crippen LogP contribution in [-0.2, 0) is 4.79 Å². The first-order valence-electron chi connectivity index (χ1n) is 6.55. The van der Waals surface area contributed by atoms with Gasteiger partial charge >= 0.3 is 5.97 Å². The molecule has 0 radical (unpaired) electrons. The molecule has 0 aromatic heterocycles. The van der Waals surface area contributed by atoms with E-state index in [1.807, 2.05) is 0 Å². The fourth-order valence-electron chi connectivity index (χ4n) is 2.05. The van der Waals surface area contributed by atoms with Crippen LogP contribution in [0.2, 0.25) is 0 Å². The number of thioether (sulfide) groups is 1. The van der Waals surface area contributed by atoms with E-state index in [0.29, 0.717) is 11.8 Å². The molecule has 1 aliphatic carbocycles. The number of aliphatic carboxylic acids is 1. The maximum Gasteiger partial charge on any atom is 0.305 e. The number of carboxylic acids is 1. The topological polar surface area (TPSA) is 57.6 Å². The summed E-state index contributed by atoms with van der Waals surface area (Å²) in [5.74, 6) is -3.96. The highest BCUT2D eigenvalue weighted by Crippen LogP contribution is 2.32. The number of carbonyl (C=O) groups is 2. The predicted molar refractivity (Wildman–Crippen MR) is 74.6 cm³/mol. The maximum atomic E-state index is 12.6. The molecule has 1 amide bonds. The molecular weight excluding hydrogens is 300 g/mol. The zero-order valence-electron chi connectivity index (χ0n) is 11.2. The average molecular weight is 315 g/mol. The van der Waals surface area contributed by atoms with Gasteiger partial charge in [0.15, 0.2) is 0 Å². The molecule has 4 nitrogen and oxygen atoms in total. The third kappa shape index (κ3) is 4.42. The SMILES string of the molecule is O=C(O)CCN(C(=O)c1ccccc1SC(F)F)C1CC1. The van der Waals surface area contributed by atoms with Gasteiger partial charge < -0.3 is 10.0 Å². The van der Waals surface area contributed by atoms with Crippen LogP contribution in [0.15, 0.2) is 29.2 Å². The summed E-state index contributed by atoms with van der Waals surface area (Å²) in [4.78, 5) is 24.9. The Bertz CT molecular complexity index is 535. The van der Waals surface area contributed by atoms with Crippen LogP contribution in [0.3, 0.4) is 0 Å². The van der Waals surface area contributed by atoms with Crippen molar-refractivity contribution in [3.8, 4) is 0 Å². The minimum atomic E-state index is -2.60. The smallest absolute Gasteiger partial charge is 0.305 e. The second-order valence-corrected chi connectivity index (χ2v) is 5.78. The summed E-state index contributed by atoms with van der Waals surface area (Å²) in [6.45, 7) is 0.104. The van der Waals surface area contributed by atoms with E-state index < -0.39 is 11.7 Å². The van der Waals surface area contributed by atoms with E-state index in [-0.39, 0.29) is 35.4 Å². The second kappa shape index (κ2) is 6.89. The minimum absolute atomic E-state index is 0.0291. The standard InChI is InChI=1S/C14H15F2NO3S/c15-14(16)21-11-4-2-1-3-10(11)13(20)17(9-5-6-9)8-7-12(18)19/h1-4,9,14H,5-8H2,(H,18,19). The second-order valence-electron chi connectivity index (χ2n) is 4.75. The molecule has 0 bridgehead atoms. The summed E-state index contributed by atoms with van der Waals surface area (Å²) in [7, 11) is 0. The number of benzene rings is 1. The maximum absolute atomic E-state index is 12.6. The summed E-state index contributed by atoms with van der Waals surface area (Å²) >= 11 is 0.330. The molecule has 2 rings (SSSR count). The lowest BCUT2D eigenvalue weighted by atomic mass is 10.2. The zero-order chi connectivity index (χ0) is 15.4. The van der Waals surface area contributed by atoms with Gasteiger partial charge in [0.2, 0.25) is 0 Å². The monoisotopic (exact) mass is 315 g/mol. The van der Waals surface area contributed by atoms with E-state index in [1.165, 1.54) is 17.0 Å². The molecule has 0 heterocycles. The van der Waals surface area contributed by atoms with Gasteiger partial charge in [-0.2, -0.15) is 8.78 Å². The molecule has 1 N–H and O–H groups in total. The summed E-state index contributed by atoms with van der Waals surface area (Å²) in [6, 6.07) is 6.22. The average Bonchev–Trinajstić information content (AvgIpc) is 3.23. The molecular formula is C14H15F2NO3S. The molecule has 1 aromatic rings. The van der Waals surface area contributed by atoms with E-state index in [2.05, 4.69) is 0 Å². The third-order valence-electron chi connectivity index (χ3n) is 3.15. The van der Waals surface area contributed by atoms with Crippen molar-refractivity contribution in [2.75, 3.05) is 6.54 Å². The molecule has 21 heavy (non-hydrogen) atoms. The lowest BCUT2D eigenvalue weighted by Gasteiger charge is -2.22. The Hall–Kier alpha value is -1.63. The third-order valence-corrected chi connectivity index (χ3v) is 3.94. The van der Waals surface area contributed by atoms with Gasteiger partial charge in [-0.1, -0.05) is 23.9 Å². The van der Waals surface area contributed by atoms with E-state index in [4.69, 9.17) is 5.11 Å². The summed E-state index contributed by atoms with van der Waals surface area (Å²) in [5, 5.41) is 8.75. The number of halogens is 2. The fraction of sp³-hybridized carbons (Fsp3) is 0.429. The van der Waals surface area contributed by atoms with Crippen LogP contribution in [0.1, 0.15) is 29.6 Å². The van der Waals surface area contributed by atoms with Crippen molar-refractivity contribution >= 4 is 23.6 Å². The fourth-order valence-corrected chi connectivity index (χ4v) is 2.68. The minimum Gasteiger partial charge on any atom is -0.481 e. The molecule has 1 fully saturated rings. The van der Waals surface area contributed by atoms with Crippen molar-refractivity contribution in [2.24, 2.45) is 0 Å². The number of carboxylic acid groups (broad SMARTS) is 1. The molecule has 0 aliphatic heterocycles. The molecule has 1 aliphatic rings. The molecule has 0 spiro atoms. The van der Waals surface area contributed by atoms with E-state index in [1.54, 1.807) is 12.1 Å². The number of nitrogens with zero attached hydrogens (tertiary/aromatic N) is 1. The Labute approximate surface area is 125 Å². The van der Waals surface area contributed by atoms with Crippen molar-refractivity contribution in [1.82, 2.24) is 4.90 Å². The molecule has 1 aromatic carbocycles. The number of carbonyl (C=O) groups excluding carboxylic acids is 1. The molecule has 0 atom stereocenters. The summed E-state index contributed by atoms with van der Waals surface area (Å²) < 4.78 is 25.1. The van der Waals surface area contributed by atoms with E-state index in [0.717, 1.165) is 12.8 Å². The predicted octanol–water partition coefficient (Wildman–Crippen LogP) is 3.08. The van der Waals surface area contributed by atoms with Crippen molar-refractivity contribution in [1.29, 1.82) is 0 Å². The van der Waals surface area contributed by atoms with Gasteiger partial charge in [-0.15, -0.1) is 0 Å². The van der Waals surface area contributed by atoms with E-state index in [9.17, 15) is 18.4 Å². The van der Waals surface area contributed by atoms with Gasteiger partial charge in [0.1, 0.15) is 0 Å². The van der Waals surface area contributed by atoms with Gasteiger partial charge in [0.05, 0.1) is 12.0 Å². The number of hydrogen-bond acceptors (Lipinski definition) is 3. The first-order valence-corrected chi connectivity index (χ1v) is 7.43. The Balaban J connectivity index is 2.18. The number of amides is 1. The van der Waals surface area contributed by atoms with E-state index >= 15 is 0 Å². The largest absolute Gasteiger partial charge is 0.481 e. The Morgan fingerprint density at radius 3 is 2.57 bits per heavy atom. The highest BCUT2D eigenvalue weighted by molar-refractivity contribution is 7.99. The molecule has 7 heteroatoms. The van der Waals surface area contributed by atoms with Gasteiger partial charge in [0.25, 0.3) is 11.7 Å². The Morgan fingerprint density at radius 1 is 1.33 bits per heavy atom. The lowest BCUT2D eigenvalue weighted by Crippen LogP contribution is -2.35. The number of rotatable bonds is 7. The van der Waals surface area contributed by atoms with Gasteiger partial charge in [0, 0.05) is 17.5 Å². The highest BCUT2D eigenvalue weighted by atomic mass is 32.2. The first-order chi connectivity index (χ1) is 9.99. The van der Waals surface area contributed by atoms with Crippen molar-refractivity contribution in [3.05, 3.63) is 29.8 Å². The number of hydrogen-bond donors (Lipinski definition) is 1. The molecule has 0 unspecified atom stereocenters. The molecule has 114 valence electrons. The first kappa shape index (κ1) is 15.8. The normalized spacial score (nSPS) is 14.2. The van der Waals surface area contributed by atoms with Crippen LogP contribution < -0.4 is 0 Å². The van der Waals surface area contributed by atoms with Crippen LogP contribution in [0, 0.1) is 0 Å². The molecule has 0 saturated heterocycles. The zero-order valence-corrected chi connectivity index (χ0v) is 12.0. The summed E-state index contributed by atoms with van der Waals surface area (Å²) in [5.41, 5.74) is 0.208. The van der Waals surface area contributed by atoms with Crippen LogP contribution in [0.4, 0.5) is 8.78 Å². The Morgan fingerprint density at radius 2 is 2.00 bits per heavy atom. The van der Waals surface area contributed by atoms with Crippen LogP contribution in [0.5, 0.6) is 0 Å². The van der Waals surface area contributed by atoms with Crippen LogP contribution >= 0.6 is 11.8 Å². The van der Waals surface area contributed by atoms with Gasteiger partial charge in [-0.3, -0.25) is 9.59 Å². The van der Waals surface area contributed by atoms with Crippen LogP contribution in [-0.4, -0.2) is 40.2 Å². The number of alkyl halides is 2. The quantitative estimate of drug-likeness (QED) is 0.786. The van der Waals surface area contributed by atoms with Crippen molar-refractivity contribution in [2.45, 2.75) is 36.0 Å². The van der Waals surface area contributed by atoms with Gasteiger partial charge in [-0.25, -0.2) is 0 Å². The van der Waals surface area contributed by atoms with Gasteiger partial charge in [-0.05, 0) is 25.0 Å². The highest BCUT2D eigenvalue weighted by Gasteiger charge is 2.34. The van der Waals surface area contributed by atoms with Crippen molar-refractivity contribution in [3.63, 3.8) is 0 Å². The summed E-state index contributed by atoms with van der Waals surface area (Å²) in [6.07, 6.45) is 1.51. The Kier molecular flexibility index (Phi) is 5.17. The van der Waals surface area contributed by atoms with Crippen LogP contribution in [0.25, 0.3) is 0 Å². The van der Waals surface area contributed by atoms with Crippen molar-refractivity contribution < 1.29 is 23.5 Å². The molecule has 1 saturated carbocycles.